The van der Waals surface area contributed by atoms with E-state index in [0.717, 1.165) is 38.5 Å². The molecule has 2 aromatic rings. The third-order valence-corrected chi connectivity index (χ3v) is 5.06. The van der Waals surface area contributed by atoms with E-state index in [1.54, 1.807) is 33.5 Å². The highest BCUT2D eigenvalue weighted by Crippen LogP contribution is 2.29. The predicted octanol–water partition coefficient (Wildman–Crippen LogP) is 2.47. The van der Waals surface area contributed by atoms with E-state index in [2.05, 4.69) is 27.2 Å². The number of nitrogens with one attached hydrogen (secondary N) is 1. The highest BCUT2D eigenvalue weighted by atomic mass is 16.5. The molecular formula is C22H29N3O4. The summed E-state index contributed by atoms with van der Waals surface area (Å²) in [6, 6.07) is 13.5. The zero-order valence-electron chi connectivity index (χ0n) is 17.3. The van der Waals surface area contributed by atoms with Crippen LogP contribution in [0.5, 0.6) is 17.2 Å². The van der Waals surface area contributed by atoms with Crippen LogP contribution in [0.25, 0.3) is 0 Å². The highest BCUT2D eigenvalue weighted by molar-refractivity contribution is 5.92. The molecule has 0 radical (unpaired) electrons. The van der Waals surface area contributed by atoms with Gasteiger partial charge in [0.25, 0.3) is 0 Å². The lowest BCUT2D eigenvalue weighted by molar-refractivity contribution is -0.117. The van der Waals surface area contributed by atoms with Crippen LogP contribution in [0.4, 0.5) is 5.69 Å². The van der Waals surface area contributed by atoms with Gasteiger partial charge < -0.3 is 19.5 Å². The summed E-state index contributed by atoms with van der Waals surface area (Å²) in [5, 5.41) is 2.94. The van der Waals surface area contributed by atoms with Gasteiger partial charge in [-0.25, -0.2) is 0 Å². The van der Waals surface area contributed by atoms with Crippen LogP contribution in [0, 0.1) is 0 Å². The third-order valence-electron chi connectivity index (χ3n) is 5.06. The number of anilines is 1. The number of amides is 1. The van der Waals surface area contributed by atoms with Crippen molar-refractivity contribution < 1.29 is 19.0 Å². The highest BCUT2D eigenvalue weighted by Gasteiger charge is 2.19. The molecule has 0 aliphatic carbocycles. The molecule has 0 bridgehead atoms. The monoisotopic (exact) mass is 399 g/mol. The van der Waals surface area contributed by atoms with Crippen LogP contribution < -0.4 is 19.5 Å². The number of piperazine rings is 1. The zero-order chi connectivity index (χ0) is 20.6. The standard InChI is InChI=1S/C22H29N3O4/c1-27-19-7-4-17(5-8-19)15-24-10-12-25(13-11-24)16-22(26)23-18-6-9-20(28-2)21(14-18)29-3/h4-9,14H,10-13,15-16H2,1-3H3,(H,23,26). The lowest BCUT2D eigenvalue weighted by atomic mass is 10.2. The van der Waals surface area contributed by atoms with Gasteiger partial charge in [-0.3, -0.25) is 14.6 Å². The van der Waals surface area contributed by atoms with Crippen molar-refractivity contribution in [2.24, 2.45) is 0 Å². The van der Waals surface area contributed by atoms with Crippen molar-refractivity contribution in [2.45, 2.75) is 6.54 Å². The van der Waals surface area contributed by atoms with Crippen LogP contribution in [0.15, 0.2) is 42.5 Å². The van der Waals surface area contributed by atoms with Gasteiger partial charge in [0, 0.05) is 44.5 Å². The average Bonchev–Trinajstić information content (AvgIpc) is 2.75. The largest absolute Gasteiger partial charge is 0.497 e. The molecule has 0 atom stereocenters. The molecule has 1 aliphatic heterocycles. The smallest absolute Gasteiger partial charge is 0.238 e. The van der Waals surface area contributed by atoms with E-state index in [4.69, 9.17) is 14.2 Å². The van der Waals surface area contributed by atoms with Gasteiger partial charge in [0.1, 0.15) is 5.75 Å². The summed E-state index contributed by atoms with van der Waals surface area (Å²) in [6.45, 7) is 4.91. The van der Waals surface area contributed by atoms with Crippen molar-refractivity contribution in [3.05, 3.63) is 48.0 Å². The molecule has 7 heteroatoms. The van der Waals surface area contributed by atoms with Gasteiger partial charge in [0.2, 0.25) is 5.91 Å². The Morgan fingerprint density at radius 3 is 2.14 bits per heavy atom. The maximum atomic E-state index is 12.4. The first-order valence-corrected chi connectivity index (χ1v) is 9.71. The quantitative estimate of drug-likeness (QED) is 0.736. The number of rotatable bonds is 8. The van der Waals surface area contributed by atoms with Gasteiger partial charge in [-0.15, -0.1) is 0 Å². The first kappa shape index (κ1) is 21.0. The van der Waals surface area contributed by atoms with Crippen LogP contribution >= 0.6 is 0 Å². The Hall–Kier alpha value is -2.77. The average molecular weight is 399 g/mol. The summed E-state index contributed by atoms with van der Waals surface area (Å²) in [4.78, 5) is 17.0. The van der Waals surface area contributed by atoms with Crippen LogP contribution in [0.3, 0.4) is 0 Å². The first-order chi connectivity index (χ1) is 14.1. The van der Waals surface area contributed by atoms with Crippen molar-refractivity contribution in [1.82, 2.24) is 9.80 Å². The minimum atomic E-state index is -0.0270. The van der Waals surface area contributed by atoms with Gasteiger partial charge in [-0.2, -0.15) is 0 Å². The van der Waals surface area contributed by atoms with Crippen molar-refractivity contribution in [2.75, 3.05) is 59.4 Å². The van der Waals surface area contributed by atoms with Crippen LogP contribution in [0.2, 0.25) is 0 Å². The first-order valence-electron chi connectivity index (χ1n) is 9.71. The van der Waals surface area contributed by atoms with Gasteiger partial charge in [0.05, 0.1) is 27.9 Å². The molecule has 1 amide bonds. The van der Waals surface area contributed by atoms with E-state index in [0.29, 0.717) is 23.7 Å². The van der Waals surface area contributed by atoms with Crippen LogP contribution in [-0.4, -0.2) is 69.8 Å². The summed E-state index contributed by atoms with van der Waals surface area (Å²) >= 11 is 0. The number of carbonyl (C=O) groups is 1. The number of carbonyl (C=O) groups excluding carboxylic acids is 1. The Balaban J connectivity index is 1.44. The van der Waals surface area contributed by atoms with E-state index in [9.17, 15) is 4.79 Å². The molecule has 0 aromatic heterocycles. The lowest BCUT2D eigenvalue weighted by Gasteiger charge is -2.34. The number of benzene rings is 2. The van der Waals surface area contributed by atoms with Crippen molar-refractivity contribution >= 4 is 11.6 Å². The van der Waals surface area contributed by atoms with Crippen LogP contribution in [-0.2, 0) is 11.3 Å². The third kappa shape index (κ3) is 5.85. The SMILES string of the molecule is COc1ccc(CN2CCN(CC(=O)Nc3ccc(OC)c(OC)c3)CC2)cc1. The second-order valence-corrected chi connectivity index (χ2v) is 7.02. The lowest BCUT2D eigenvalue weighted by Crippen LogP contribution is -2.48. The van der Waals surface area contributed by atoms with Crippen molar-refractivity contribution in [3.63, 3.8) is 0 Å². The zero-order valence-corrected chi connectivity index (χ0v) is 17.3. The van der Waals surface area contributed by atoms with Crippen molar-refractivity contribution in [1.29, 1.82) is 0 Å². The summed E-state index contributed by atoms with van der Waals surface area (Å²) in [5.41, 5.74) is 1.97. The molecule has 1 N–H and O–H groups in total. The molecule has 29 heavy (non-hydrogen) atoms. The molecule has 2 aromatic carbocycles. The Morgan fingerprint density at radius 2 is 1.52 bits per heavy atom. The molecule has 0 unspecified atom stereocenters. The van der Waals surface area contributed by atoms with Gasteiger partial charge in [-0.05, 0) is 29.8 Å². The number of nitrogens with zero attached hydrogens (tertiary/aromatic N) is 2. The molecular weight excluding hydrogens is 370 g/mol. The second kappa shape index (κ2) is 10.1. The minimum absolute atomic E-state index is 0.0270. The molecule has 1 aliphatic rings. The fraction of sp³-hybridized carbons (Fsp3) is 0.409. The molecule has 1 heterocycles. The van der Waals surface area contributed by atoms with Gasteiger partial charge in [0.15, 0.2) is 11.5 Å². The second-order valence-electron chi connectivity index (χ2n) is 7.02. The van der Waals surface area contributed by atoms with Crippen LogP contribution in [0.1, 0.15) is 5.56 Å². The molecule has 3 rings (SSSR count). The number of methoxy groups -OCH3 is 3. The fourth-order valence-electron chi connectivity index (χ4n) is 3.41. The van der Waals surface area contributed by atoms with Gasteiger partial charge >= 0.3 is 0 Å². The summed E-state index contributed by atoms with van der Waals surface area (Å²) in [5.74, 6) is 2.08. The van der Waals surface area contributed by atoms with Gasteiger partial charge in [-0.1, -0.05) is 12.1 Å². The van der Waals surface area contributed by atoms with E-state index < -0.39 is 0 Å². The Labute approximate surface area is 172 Å². The molecule has 0 saturated carbocycles. The molecule has 0 spiro atoms. The Bertz CT molecular complexity index is 802. The van der Waals surface area contributed by atoms with E-state index >= 15 is 0 Å². The van der Waals surface area contributed by atoms with E-state index in [-0.39, 0.29) is 5.91 Å². The predicted molar refractivity (Wildman–Crippen MR) is 113 cm³/mol. The number of hydrogen-bond acceptors (Lipinski definition) is 6. The van der Waals surface area contributed by atoms with E-state index in [1.165, 1.54) is 5.56 Å². The maximum absolute atomic E-state index is 12.4. The molecule has 1 saturated heterocycles. The summed E-state index contributed by atoms with van der Waals surface area (Å²) in [7, 11) is 4.84. The topological polar surface area (TPSA) is 63.3 Å². The Kier molecular flexibility index (Phi) is 7.32. The normalized spacial score (nSPS) is 15.0. The molecule has 1 fully saturated rings. The number of hydrogen-bond donors (Lipinski definition) is 1. The molecule has 156 valence electrons. The maximum Gasteiger partial charge on any atom is 0.238 e. The fourth-order valence-corrected chi connectivity index (χ4v) is 3.41. The van der Waals surface area contributed by atoms with Crippen molar-refractivity contribution in [3.8, 4) is 17.2 Å². The minimum Gasteiger partial charge on any atom is -0.497 e. The van der Waals surface area contributed by atoms with E-state index in [1.807, 2.05) is 18.2 Å². The number of ether oxygens (including phenoxy) is 3. The Morgan fingerprint density at radius 1 is 0.862 bits per heavy atom. The summed E-state index contributed by atoms with van der Waals surface area (Å²) < 4.78 is 15.7. The molecule has 7 nitrogen and oxygen atoms in total. The summed E-state index contributed by atoms with van der Waals surface area (Å²) in [6.07, 6.45) is 0.